The fraction of sp³-hybridized carbons (Fsp3) is 0.143. The molecule has 21 heavy (non-hydrogen) atoms. The Kier molecular flexibility index (Phi) is 4.05. The van der Waals surface area contributed by atoms with E-state index in [0.29, 0.717) is 5.69 Å². The number of benzene rings is 1. The first-order chi connectivity index (χ1) is 10.1. The summed E-state index contributed by atoms with van der Waals surface area (Å²) in [7, 11) is 1.69. The second-order valence-electron chi connectivity index (χ2n) is 4.48. The van der Waals surface area contributed by atoms with Crippen LogP contribution in [0.25, 0.3) is 0 Å². The molecule has 1 aromatic carbocycles. The van der Waals surface area contributed by atoms with Gasteiger partial charge >= 0.3 is 0 Å². The number of nitrogens with zero attached hydrogens (tertiary/aromatic N) is 2. The lowest BCUT2D eigenvalue weighted by Crippen LogP contribution is -2.39. The number of hydrogen-bond donors (Lipinski definition) is 0. The number of anilines is 1. The van der Waals surface area contributed by atoms with Crippen LogP contribution in [0, 0.1) is 0 Å². The molecule has 1 atom stereocenters. The highest BCUT2D eigenvalue weighted by molar-refractivity contribution is 9.10. The van der Waals surface area contributed by atoms with Crippen molar-refractivity contribution in [1.29, 1.82) is 0 Å². The summed E-state index contributed by atoms with van der Waals surface area (Å²) in [5.41, 5.74) is 1.49. The van der Waals surface area contributed by atoms with Crippen LogP contribution in [0.3, 0.4) is 0 Å². The van der Waals surface area contributed by atoms with Crippen LogP contribution >= 0.6 is 39.4 Å². The van der Waals surface area contributed by atoms with Crippen molar-refractivity contribution in [3.63, 3.8) is 0 Å². The summed E-state index contributed by atoms with van der Waals surface area (Å²) in [5, 5.41) is 1.91. The maximum atomic E-state index is 12.7. The summed E-state index contributed by atoms with van der Waals surface area (Å²) in [4.78, 5) is 25.1. The first-order valence-corrected chi connectivity index (χ1v) is 8.53. The van der Waals surface area contributed by atoms with Crippen molar-refractivity contribution >= 4 is 56.9 Å². The smallest absolute Gasteiger partial charge is 0.254 e. The van der Waals surface area contributed by atoms with Crippen LogP contribution in [-0.4, -0.2) is 23.2 Å². The number of halogens is 1. The largest absolute Gasteiger partial charge is 0.284 e. The second-order valence-corrected chi connectivity index (χ2v) is 7.50. The van der Waals surface area contributed by atoms with E-state index in [1.807, 2.05) is 41.8 Å². The van der Waals surface area contributed by atoms with Gasteiger partial charge in [0.15, 0.2) is 0 Å². The summed E-state index contributed by atoms with van der Waals surface area (Å²) in [6, 6.07) is 11.0. The number of thiophene rings is 1. The Labute approximate surface area is 139 Å². The molecule has 0 bridgehead atoms. The number of amides is 2. The van der Waals surface area contributed by atoms with Crippen molar-refractivity contribution in [1.82, 2.24) is 4.31 Å². The number of rotatable bonds is 2. The molecule has 7 heteroatoms. The zero-order chi connectivity index (χ0) is 15.0. The Morgan fingerprint density at radius 1 is 1.29 bits per heavy atom. The van der Waals surface area contributed by atoms with Gasteiger partial charge in [0.05, 0.1) is 26.0 Å². The summed E-state index contributed by atoms with van der Waals surface area (Å²) in [5.74, 6) is -1.27. The monoisotopic (exact) mass is 382 g/mol. The fourth-order valence-corrected chi connectivity index (χ4v) is 4.63. The molecule has 0 saturated heterocycles. The average molecular weight is 383 g/mol. The van der Waals surface area contributed by atoms with Gasteiger partial charge in [0.2, 0.25) is 5.91 Å². The van der Waals surface area contributed by atoms with Gasteiger partial charge in [-0.3, -0.25) is 13.9 Å². The van der Waals surface area contributed by atoms with Gasteiger partial charge in [0.1, 0.15) is 5.92 Å². The van der Waals surface area contributed by atoms with E-state index in [1.54, 1.807) is 18.4 Å². The minimum atomic E-state index is -0.794. The van der Waals surface area contributed by atoms with Crippen molar-refractivity contribution in [2.24, 2.45) is 0 Å². The Bertz CT molecular complexity index is 689. The third-order valence-corrected chi connectivity index (χ3v) is 6.02. The Morgan fingerprint density at radius 3 is 2.71 bits per heavy atom. The average Bonchev–Trinajstić information content (AvgIpc) is 2.95. The van der Waals surface area contributed by atoms with Crippen LogP contribution in [-0.2, 0) is 9.59 Å². The SMILES string of the molecule is CN1Sc2sccc2C(C(=O)N(Br)c2ccccc2)C1=O. The van der Waals surface area contributed by atoms with Gasteiger partial charge in [-0.1, -0.05) is 18.2 Å². The fourth-order valence-electron chi connectivity index (χ4n) is 2.12. The molecule has 0 spiro atoms. The van der Waals surface area contributed by atoms with Gasteiger partial charge in [-0.15, -0.1) is 11.3 Å². The summed E-state index contributed by atoms with van der Waals surface area (Å²) in [6.07, 6.45) is 0. The summed E-state index contributed by atoms with van der Waals surface area (Å²) < 4.78 is 3.87. The van der Waals surface area contributed by atoms with Crippen LogP contribution in [0.15, 0.2) is 46.0 Å². The number of likely N-dealkylation sites (N-methyl/N-ethyl adjacent to an activating group) is 1. The lowest BCUT2D eigenvalue weighted by atomic mass is 10.00. The van der Waals surface area contributed by atoms with E-state index >= 15 is 0 Å². The van der Waals surface area contributed by atoms with Gasteiger partial charge in [-0.05, 0) is 23.6 Å². The molecule has 2 aromatic rings. The van der Waals surface area contributed by atoms with Gasteiger partial charge in [0.25, 0.3) is 5.91 Å². The number of hydrogen-bond acceptors (Lipinski definition) is 4. The van der Waals surface area contributed by atoms with E-state index < -0.39 is 5.92 Å². The predicted octanol–water partition coefficient (Wildman–Crippen LogP) is 3.65. The quantitative estimate of drug-likeness (QED) is 0.452. The van der Waals surface area contributed by atoms with Gasteiger partial charge in [-0.25, -0.2) is 3.93 Å². The van der Waals surface area contributed by atoms with E-state index in [4.69, 9.17) is 0 Å². The molecule has 1 aliphatic rings. The normalized spacial score (nSPS) is 17.5. The highest BCUT2D eigenvalue weighted by Gasteiger charge is 2.40. The van der Waals surface area contributed by atoms with Gasteiger partial charge in [-0.2, -0.15) is 0 Å². The molecule has 1 aromatic heterocycles. The number of carbonyl (C=O) groups excluding carboxylic acids is 2. The van der Waals surface area contributed by atoms with Gasteiger partial charge in [0, 0.05) is 24.6 Å². The van der Waals surface area contributed by atoms with Crippen LogP contribution in [0.4, 0.5) is 5.69 Å². The topological polar surface area (TPSA) is 40.6 Å². The lowest BCUT2D eigenvalue weighted by Gasteiger charge is -2.29. The van der Waals surface area contributed by atoms with E-state index in [2.05, 4.69) is 16.1 Å². The molecule has 0 saturated carbocycles. The Hall–Kier alpha value is -1.31. The first-order valence-electron chi connectivity index (χ1n) is 6.17. The molecule has 2 amide bonds. The van der Waals surface area contributed by atoms with Crippen LogP contribution in [0.2, 0.25) is 0 Å². The molecule has 108 valence electrons. The molecule has 1 aliphatic heterocycles. The zero-order valence-electron chi connectivity index (χ0n) is 11.0. The maximum absolute atomic E-state index is 12.7. The van der Waals surface area contributed by atoms with E-state index in [9.17, 15) is 9.59 Å². The van der Waals surface area contributed by atoms with Crippen molar-refractivity contribution in [2.75, 3.05) is 11.0 Å². The minimum Gasteiger partial charge on any atom is -0.284 e. The zero-order valence-corrected chi connectivity index (χ0v) is 14.2. The van der Waals surface area contributed by atoms with E-state index in [1.165, 1.54) is 20.2 Å². The molecule has 0 aliphatic carbocycles. The Morgan fingerprint density at radius 2 is 2.00 bits per heavy atom. The van der Waals surface area contributed by atoms with Crippen LogP contribution in [0.1, 0.15) is 11.5 Å². The number of carbonyl (C=O) groups is 2. The predicted molar refractivity (Wildman–Crippen MR) is 88.5 cm³/mol. The summed E-state index contributed by atoms with van der Waals surface area (Å²) >= 11 is 6.20. The highest BCUT2D eigenvalue weighted by Crippen LogP contribution is 2.42. The van der Waals surface area contributed by atoms with Crippen LogP contribution < -0.4 is 3.93 Å². The van der Waals surface area contributed by atoms with Crippen molar-refractivity contribution in [3.8, 4) is 0 Å². The third-order valence-electron chi connectivity index (χ3n) is 3.17. The maximum Gasteiger partial charge on any atom is 0.254 e. The standard InChI is InChI=1S/C14H11BrN2O2S2/c1-16-12(18)11(10-7-8-20-14(10)21-16)13(19)17(15)9-5-3-2-4-6-9/h2-8,11H,1H3. The molecular formula is C14H11BrN2O2S2. The molecule has 0 radical (unpaired) electrons. The molecule has 0 fully saturated rings. The van der Waals surface area contributed by atoms with E-state index in [0.717, 1.165) is 9.77 Å². The van der Waals surface area contributed by atoms with Crippen LogP contribution in [0.5, 0.6) is 0 Å². The third kappa shape index (κ3) is 2.61. The second kappa shape index (κ2) is 5.82. The van der Waals surface area contributed by atoms with Crippen molar-refractivity contribution < 1.29 is 9.59 Å². The molecule has 4 nitrogen and oxygen atoms in total. The Balaban J connectivity index is 1.96. The van der Waals surface area contributed by atoms with E-state index in [-0.39, 0.29) is 11.8 Å². The minimum absolute atomic E-state index is 0.198. The molecule has 3 rings (SSSR count). The highest BCUT2D eigenvalue weighted by atomic mass is 79.9. The molecule has 1 unspecified atom stereocenters. The first kappa shape index (κ1) is 14.6. The van der Waals surface area contributed by atoms with Crippen molar-refractivity contribution in [2.45, 2.75) is 10.1 Å². The molecular weight excluding hydrogens is 372 g/mol. The number of para-hydroxylation sites is 1. The van der Waals surface area contributed by atoms with Crippen molar-refractivity contribution in [3.05, 3.63) is 47.3 Å². The summed E-state index contributed by atoms with van der Waals surface area (Å²) in [6.45, 7) is 0. The lowest BCUT2D eigenvalue weighted by molar-refractivity contribution is -0.132. The van der Waals surface area contributed by atoms with Gasteiger partial charge < -0.3 is 0 Å². The number of fused-ring (bicyclic) bond motifs is 1. The molecule has 0 N–H and O–H groups in total. The molecule has 2 heterocycles.